The van der Waals surface area contributed by atoms with Gasteiger partial charge in [0.05, 0.1) is 13.2 Å². The second-order valence-corrected chi connectivity index (χ2v) is 5.72. The van der Waals surface area contributed by atoms with E-state index in [2.05, 4.69) is 45.0 Å². The van der Waals surface area contributed by atoms with Gasteiger partial charge < -0.3 is 9.47 Å². The molecule has 0 radical (unpaired) electrons. The Hall–Kier alpha value is -1.02. The van der Waals surface area contributed by atoms with Gasteiger partial charge >= 0.3 is 0 Å². The lowest BCUT2D eigenvalue weighted by molar-refractivity contribution is 0.0255. The first-order chi connectivity index (χ1) is 9.18. The molecule has 0 N–H and O–H groups in total. The Morgan fingerprint density at radius 1 is 1.11 bits per heavy atom. The van der Waals surface area contributed by atoms with Crippen LogP contribution >= 0.6 is 0 Å². The van der Waals surface area contributed by atoms with E-state index in [0.717, 1.165) is 31.8 Å². The van der Waals surface area contributed by atoms with Crippen LogP contribution in [0.1, 0.15) is 52.0 Å². The van der Waals surface area contributed by atoms with Crippen molar-refractivity contribution >= 4 is 0 Å². The second-order valence-electron chi connectivity index (χ2n) is 5.72. The molecule has 1 aliphatic rings. The van der Waals surface area contributed by atoms with Crippen molar-refractivity contribution in [3.63, 3.8) is 0 Å². The zero-order valence-electron chi connectivity index (χ0n) is 12.4. The Morgan fingerprint density at radius 3 is 2.21 bits per heavy atom. The topological polar surface area (TPSA) is 18.5 Å². The van der Waals surface area contributed by atoms with E-state index in [9.17, 15) is 0 Å². The molecule has 2 heteroatoms. The van der Waals surface area contributed by atoms with Gasteiger partial charge in [-0.25, -0.2) is 0 Å². The van der Waals surface area contributed by atoms with E-state index in [1.165, 1.54) is 18.4 Å². The third-order valence-corrected chi connectivity index (χ3v) is 4.58. The van der Waals surface area contributed by atoms with E-state index in [1.54, 1.807) is 0 Å². The van der Waals surface area contributed by atoms with E-state index in [-0.39, 0.29) is 5.41 Å². The van der Waals surface area contributed by atoms with Crippen molar-refractivity contribution in [2.75, 3.05) is 13.2 Å². The molecule has 2 rings (SSSR count). The summed E-state index contributed by atoms with van der Waals surface area (Å²) >= 11 is 0. The summed E-state index contributed by atoms with van der Waals surface area (Å²) < 4.78 is 11.4. The Bertz CT molecular complexity index is 373. The highest BCUT2D eigenvalue weighted by Gasteiger charge is 2.22. The van der Waals surface area contributed by atoms with E-state index in [1.807, 2.05) is 0 Å². The lowest BCUT2D eigenvalue weighted by atomic mass is 9.78. The van der Waals surface area contributed by atoms with Gasteiger partial charge in [-0.15, -0.1) is 0 Å². The fraction of sp³-hybridized carbons (Fsp3) is 0.647. The quantitative estimate of drug-likeness (QED) is 0.786. The SMILES string of the molecule is CCC(C)(CC)c1ccc(OC2CCOCC2)cc1. The summed E-state index contributed by atoms with van der Waals surface area (Å²) in [6, 6.07) is 8.69. The zero-order valence-corrected chi connectivity index (χ0v) is 12.4. The Kier molecular flexibility index (Phi) is 4.87. The molecule has 0 atom stereocenters. The van der Waals surface area contributed by atoms with Crippen LogP contribution in [0.4, 0.5) is 0 Å². The third kappa shape index (κ3) is 3.50. The molecule has 106 valence electrons. The first kappa shape index (κ1) is 14.4. The normalized spacial score (nSPS) is 17.4. The maximum Gasteiger partial charge on any atom is 0.119 e. The highest BCUT2D eigenvalue weighted by atomic mass is 16.5. The summed E-state index contributed by atoms with van der Waals surface area (Å²) in [6.07, 6.45) is 4.67. The Labute approximate surface area is 117 Å². The van der Waals surface area contributed by atoms with Gasteiger partial charge in [0.1, 0.15) is 11.9 Å². The fourth-order valence-electron chi connectivity index (χ4n) is 2.58. The van der Waals surface area contributed by atoms with Crippen LogP contribution in [0.3, 0.4) is 0 Å². The maximum atomic E-state index is 6.01. The van der Waals surface area contributed by atoms with Crippen LogP contribution in [0.2, 0.25) is 0 Å². The summed E-state index contributed by atoms with van der Waals surface area (Å²) in [5.41, 5.74) is 1.70. The van der Waals surface area contributed by atoms with E-state index in [4.69, 9.17) is 9.47 Å². The van der Waals surface area contributed by atoms with Crippen LogP contribution in [0.15, 0.2) is 24.3 Å². The summed E-state index contributed by atoms with van der Waals surface area (Å²) in [4.78, 5) is 0. The first-order valence-corrected chi connectivity index (χ1v) is 7.53. The number of hydrogen-bond acceptors (Lipinski definition) is 2. The zero-order chi connectivity index (χ0) is 13.7. The van der Waals surface area contributed by atoms with Crippen molar-refractivity contribution in [2.24, 2.45) is 0 Å². The molecule has 0 bridgehead atoms. The molecule has 1 saturated heterocycles. The van der Waals surface area contributed by atoms with Gasteiger partial charge in [-0.05, 0) is 36.0 Å². The third-order valence-electron chi connectivity index (χ3n) is 4.58. The lowest BCUT2D eigenvalue weighted by Gasteiger charge is -2.28. The summed E-state index contributed by atoms with van der Waals surface area (Å²) in [5, 5.41) is 0. The molecule has 0 unspecified atom stereocenters. The lowest BCUT2D eigenvalue weighted by Crippen LogP contribution is -2.26. The van der Waals surface area contributed by atoms with Crippen molar-refractivity contribution in [2.45, 2.75) is 58.0 Å². The van der Waals surface area contributed by atoms with Gasteiger partial charge in [0.15, 0.2) is 0 Å². The average Bonchev–Trinajstić information content (AvgIpc) is 2.48. The molecule has 0 saturated carbocycles. The van der Waals surface area contributed by atoms with Crippen molar-refractivity contribution in [1.82, 2.24) is 0 Å². The molecule has 1 heterocycles. The molecule has 0 amide bonds. The standard InChI is InChI=1S/C17H26O2/c1-4-17(3,5-2)14-6-8-15(9-7-14)19-16-10-12-18-13-11-16/h6-9,16H,4-5,10-13H2,1-3H3. The molecule has 1 aliphatic heterocycles. The summed E-state index contributed by atoms with van der Waals surface area (Å²) in [7, 11) is 0. The molecule has 1 fully saturated rings. The van der Waals surface area contributed by atoms with Gasteiger partial charge in [0.25, 0.3) is 0 Å². The fourth-order valence-corrected chi connectivity index (χ4v) is 2.58. The second kappa shape index (κ2) is 6.42. The molecule has 1 aromatic carbocycles. The van der Waals surface area contributed by atoms with Crippen LogP contribution in [0, 0.1) is 0 Å². The predicted molar refractivity (Wildman–Crippen MR) is 78.8 cm³/mol. The molecule has 0 spiro atoms. The number of rotatable bonds is 5. The molecular formula is C17H26O2. The Balaban J connectivity index is 2.01. The number of ether oxygens (including phenoxy) is 2. The maximum absolute atomic E-state index is 6.01. The minimum absolute atomic E-state index is 0.289. The van der Waals surface area contributed by atoms with Crippen LogP contribution in [0.5, 0.6) is 5.75 Å². The van der Waals surface area contributed by atoms with Crippen LogP contribution in [-0.2, 0) is 10.2 Å². The van der Waals surface area contributed by atoms with Crippen molar-refractivity contribution in [1.29, 1.82) is 0 Å². The highest BCUT2D eigenvalue weighted by Crippen LogP contribution is 2.32. The smallest absolute Gasteiger partial charge is 0.119 e. The van der Waals surface area contributed by atoms with Gasteiger partial charge in [-0.1, -0.05) is 32.9 Å². The van der Waals surface area contributed by atoms with E-state index >= 15 is 0 Å². The number of benzene rings is 1. The minimum Gasteiger partial charge on any atom is -0.490 e. The van der Waals surface area contributed by atoms with E-state index in [0.29, 0.717) is 6.10 Å². The van der Waals surface area contributed by atoms with Crippen LogP contribution < -0.4 is 4.74 Å². The molecule has 19 heavy (non-hydrogen) atoms. The monoisotopic (exact) mass is 262 g/mol. The van der Waals surface area contributed by atoms with Crippen LogP contribution in [-0.4, -0.2) is 19.3 Å². The molecule has 0 aromatic heterocycles. The molecule has 0 aliphatic carbocycles. The first-order valence-electron chi connectivity index (χ1n) is 7.53. The van der Waals surface area contributed by atoms with Gasteiger partial charge in [0, 0.05) is 12.8 Å². The van der Waals surface area contributed by atoms with E-state index < -0.39 is 0 Å². The van der Waals surface area contributed by atoms with Crippen molar-refractivity contribution in [3.8, 4) is 5.75 Å². The largest absolute Gasteiger partial charge is 0.490 e. The highest BCUT2D eigenvalue weighted by molar-refractivity contribution is 5.32. The minimum atomic E-state index is 0.289. The van der Waals surface area contributed by atoms with Crippen LogP contribution in [0.25, 0.3) is 0 Å². The van der Waals surface area contributed by atoms with Gasteiger partial charge in [-0.3, -0.25) is 0 Å². The molecule has 1 aromatic rings. The molecular weight excluding hydrogens is 236 g/mol. The van der Waals surface area contributed by atoms with Crippen molar-refractivity contribution in [3.05, 3.63) is 29.8 Å². The van der Waals surface area contributed by atoms with Gasteiger partial charge in [-0.2, -0.15) is 0 Å². The Morgan fingerprint density at radius 2 is 1.68 bits per heavy atom. The average molecular weight is 262 g/mol. The summed E-state index contributed by atoms with van der Waals surface area (Å²) in [6.45, 7) is 8.51. The number of hydrogen-bond donors (Lipinski definition) is 0. The predicted octanol–water partition coefficient (Wildman–Crippen LogP) is 4.32. The van der Waals surface area contributed by atoms with Gasteiger partial charge in [0.2, 0.25) is 0 Å². The summed E-state index contributed by atoms with van der Waals surface area (Å²) in [5.74, 6) is 0.991. The van der Waals surface area contributed by atoms with Crippen molar-refractivity contribution < 1.29 is 9.47 Å². The molecule has 2 nitrogen and oxygen atoms in total.